The molecule has 0 aliphatic carbocycles. The second-order valence-corrected chi connectivity index (χ2v) is 8.12. The number of aromatic nitrogens is 2. The SMILES string of the molecule is CCc1ccn2c(C[C@H]3CN(C(=O)OC)CCO3)c(-c3c(F)cc(C(=O)NC)c(F)c3F)nc2c1. The highest BCUT2D eigenvalue weighted by molar-refractivity contribution is 5.95. The normalized spacial score (nSPS) is 15.9. The third-order valence-corrected chi connectivity index (χ3v) is 6.06. The number of pyridine rings is 1. The van der Waals surface area contributed by atoms with Gasteiger partial charge in [-0.15, -0.1) is 0 Å². The molecule has 1 aliphatic heterocycles. The Morgan fingerprint density at radius 1 is 1.26 bits per heavy atom. The summed E-state index contributed by atoms with van der Waals surface area (Å²) in [5.74, 6) is -5.05. The number of nitrogens with zero attached hydrogens (tertiary/aromatic N) is 3. The van der Waals surface area contributed by atoms with Crippen LogP contribution in [0.1, 0.15) is 28.5 Å². The van der Waals surface area contributed by atoms with Crippen molar-refractivity contribution in [3.05, 3.63) is 58.7 Å². The number of amides is 2. The van der Waals surface area contributed by atoms with Crippen LogP contribution in [0.2, 0.25) is 0 Å². The van der Waals surface area contributed by atoms with Crippen LogP contribution < -0.4 is 5.32 Å². The summed E-state index contributed by atoms with van der Waals surface area (Å²) in [4.78, 5) is 29.8. The molecule has 1 fully saturated rings. The fourth-order valence-electron chi connectivity index (χ4n) is 4.22. The van der Waals surface area contributed by atoms with Gasteiger partial charge in [-0.1, -0.05) is 6.92 Å². The number of morpholine rings is 1. The Bertz CT molecular complexity index is 1290. The Labute approximate surface area is 199 Å². The van der Waals surface area contributed by atoms with Crippen molar-refractivity contribution in [2.45, 2.75) is 25.9 Å². The third kappa shape index (κ3) is 4.55. The molecule has 3 heterocycles. The molecule has 2 aromatic heterocycles. The lowest BCUT2D eigenvalue weighted by Crippen LogP contribution is -2.46. The van der Waals surface area contributed by atoms with Crippen molar-refractivity contribution in [3.8, 4) is 11.3 Å². The standard InChI is InChI=1S/C24H25F3N4O4/c1-4-13-5-6-31-17(10-14-12-30(7-8-35-14)24(33)34-3)22(29-18(31)9-13)19-16(25)11-15(23(32)28-2)20(26)21(19)27/h5-6,9,11,14H,4,7-8,10,12H2,1-3H3,(H,28,32)/t14-/m0/s1. The summed E-state index contributed by atoms with van der Waals surface area (Å²) in [5, 5.41) is 2.16. The van der Waals surface area contributed by atoms with E-state index in [2.05, 4.69) is 10.3 Å². The van der Waals surface area contributed by atoms with Gasteiger partial charge in [0, 0.05) is 26.2 Å². The average Bonchev–Trinajstić information content (AvgIpc) is 3.22. The minimum absolute atomic E-state index is 0.102. The zero-order valence-electron chi connectivity index (χ0n) is 19.5. The molecule has 2 amide bonds. The molecule has 1 atom stereocenters. The third-order valence-electron chi connectivity index (χ3n) is 6.06. The van der Waals surface area contributed by atoms with E-state index in [9.17, 15) is 14.0 Å². The molecule has 1 N–H and O–H groups in total. The molecule has 0 radical (unpaired) electrons. The number of ether oxygens (including phenoxy) is 2. The van der Waals surface area contributed by atoms with Crippen molar-refractivity contribution in [2.75, 3.05) is 33.9 Å². The second kappa shape index (κ2) is 9.95. The molecule has 0 spiro atoms. The van der Waals surface area contributed by atoms with Gasteiger partial charge in [0.25, 0.3) is 5.91 Å². The summed E-state index contributed by atoms with van der Waals surface area (Å²) < 4.78 is 57.4. The van der Waals surface area contributed by atoms with Gasteiger partial charge in [-0.05, 0) is 30.2 Å². The number of benzene rings is 1. The summed E-state index contributed by atoms with van der Waals surface area (Å²) in [7, 11) is 2.52. The zero-order chi connectivity index (χ0) is 25.3. The largest absolute Gasteiger partial charge is 0.453 e. The van der Waals surface area contributed by atoms with Gasteiger partial charge in [0.2, 0.25) is 0 Å². The van der Waals surface area contributed by atoms with Crippen LogP contribution in [0, 0.1) is 17.5 Å². The number of methoxy groups -OCH3 is 1. The number of carbonyl (C=O) groups is 2. The molecule has 0 saturated carbocycles. The number of aryl methyl sites for hydroxylation is 1. The number of imidazole rings is 1. The van der Waals surface area contributed by atoms with Gasteiger partial charge in [-0.25, -0.2) is 22.9 Å². The van der Waals surface area contributed by atoms with Crippen LogP contribution in [0.15, 0.2) is 24.4 Å². The second-order valence-electron chi connectivity index (χ2n) is 8.12. The van der Waals surface area contributed by atoms with Crippen molar-refractivity contribution < 1.29 is 32.2 Å². The van der Waals surface area contributed by atoms with Crippen molar-refractivity contribution in [2.24, 2.45) is 0 Å². The van der Waals surface area contributed by atoms with Gasteiger partial charge in [0.1, 0.15) is 11.5 Å². The Hall–Kier alpha value is -3.60. The number of nitrogens with one attached hydrogen (secondary N) is 1. The van der Waals surface area contributed by atoms with E-state index in [0.29, 0.717) is 30.4 Å². The van der Waals surface area contributed by atoms with Gasteiger partial charge >= 0.3 is 6.09 Å². The van der Waals surface area contributed by atoms with E-state index in [1.807, 2.05) is 13.0 Å². The fraction of sp³-hybridized carbons (Fsp3) is 0.375. The van der Waals surface area contributed by atoms with Crippen LogP contribution in [0.3, 0.4) is 0 Å². The van der Waals surface area contributed by atoms with Crippen LogP contribution >= 0.6 is 0 Å². The smallest absolute Gasteiger partial charge is 0.409 e. The van der Waals surface area contributed by atoms with Crippen molar-refractivity contribution >= 4 is 17.6 Å². The first-order valence-corrected chi connectivity index (χ1v) is 11.1. The van der Waals surface area contributed by atoms with Crippen molar-refractivity contribution in [3.63, 3.8) is 0 Å². The summed E-state index contributed by atoms with van der Waals surface area (Å²) in [6.07, 6.45) is 1.55. The highest BCUT2D eigenvalue weighted by atomic mass is 19.2. The first-order chi connectivity index (χ1) is 16.8. The van der Waals surface area contributed by atoms with Gasteiger partial charge in [0.15, 0.2) is 11.6 Å². The molecular formula is C24H25F3N4O4. The highest BCUT2D eigenvalue weighted by Crippen LogP contribution is 2.33. The molecule has 1 aromatic carbocycles. The number of rotatable bonds is 5. The maximum Gasteiger partial charge on any atom is 0.409 e. The average molecular weight is 490 g/mol. The van der Waals surface area contributed by atoms with E-state index in [0.717, 1.165) is 5.56 Å². The van der Waals surface area contributed by atoms with Crippen LogP contribution in [0.4, 0.5) is 18.0 Å². The Morgan fingerprint density at radius 2 is 2.03 bits per heavy atom. The minimum atomic E-state index is -1.51. The molecule has 1 aliphatic rings. The quantitative estimate of drug-likeness (QED) is 0.555. The minimum Gasteiger partial charge on any atom is -0.453 e. The molecule has 0 unspecified atom stereocenters. The lowest BCUT2D eigenvalue weighted by Gasteiger charge is -2.32. The molecule has 1 saturated heterocycles. The molecule has 4 rings (SSSR count). The summed E-state index contributed by atoms with van der Waals surface area (Å²) in [6, 6.07) is 4.29. The van der Waals surface area contributed by atoms with Crippen LogP contribution in [-0.4, -0.2) is 66.2 Å². The molecule has 0 bridgehead atoms. The molecule has 3 aromatic rings. The van der Waals surface area contributed by atoms with E-state index in [-0.39, 0.29) is 25.3 Å². The summed E-state index contributed by atoms with van der Waals surface area (Å²) in [5.41, 5.74) is 0.235. The fourth-order valence-corrected chi connectivity index (χ4v) is 4.22. The number of carbonyl (C=O) groups excluding carboxylic acids is 2. The van der Waals surface area contributed by atoms with Crippen molar-refractivity contribution in [1.82, 2.24) is 19.6 Å². The van der Waals surface area contributed by atoms with Crippen LogP contribution in [0.5, 0.6) is 0 Å². The summed E-state index contributed by atoms with van der Waals surface area (Å²) >= 11 is 0. The number of hydrogen-bond donors (Lipinski definition) is 1. The topological polar surface area (TPSA) is 85.2 Å². The number of halogens is 3. The predicted molar refractivity (Wildman–Crippen MR) is 121 cm³/mol. The first kappa shape index (κ1) is 24.5. The monoisotopic (exact) mass is 490 g/mol. The molecule has 35 heavy (non-hydrogen) atoms. The van der Waals surface area contributed by atoms with E-state index >= 15 is 8.78 Å². The molecule has 186 valence electrons. The van der Waals surface area contributed by atoms with Crippen LogP contribution in [-0.2, 0) is 22.3 Å². The lowest BCUT2D eigenvalue weighted by molar-refractivity contribution is -0.0241. The molecule has 11 heteroatoms. The van der Waals surface area contributed by atoms with E-state index in [4.69, 9.17) is 9.47 Å². The van der Waals surface area contributed by atoms with Crippen LogP contribution in [0.25, 0.3) is 16.9 Å². The molecule has 8 nitrogen and oxygen atoms in total. The van der Waals surface area contributed by atoms with Gasteiger partial charge in [0.05, 0.1) is 48.9 Å². The van der Waals surface area contributed by atoms with E-state index in [1.165, 1.54) is 19.1 Å². The van der Waals surface area contributed by atoms with E-state index in [1.54, 1.807) is 16.7 Å². The van der Waals surface area contributed by atoms with Gasteiger partial charge < -0.3 is 24.1 Å². The summed E-state index contributed by atoms with van der Waals surface area (Å²) in [6.45, 7) is 2.75. The van der Waals surface area contributed by atoms with E-state index < -0.39 is 46.7 Å². The maximum atomic E-state index is 15.2. The Kier molecular flexibility index (Phi) is 6.97. The number of hydrogen-bond acceptors (Lipinski definition) is 5. The Morgan fingerprint density at radius 3 is 2.71 bits per heavy atom. The molecular weight excluding hydrogens is 465 g/mol. The van der Waals surface area contributed by atoms with Crippen molar-refractivity contribution in [1.29, 1.82) is 0 Å². The number of fused-ring (bicyclic) bond motifs is 1. The van der Waals surface area contributed by atoms with Gasteiger partial charge in [-0.2, -0.15) is 0 Å². The maximum absolute atomic E-state index is 15.2. The first-order valence-electron chi connectivity index (χ1n) is 11.1. The highest BCUT2D eigenvalue weighted by Gasteiger charge is 2.31. The van der Waals surface area contributed by atoms with Gasteiger partial charge in [-0.3, -0.25) is 4.79 Å². The predicted octanol–water partition coefficient (Wildman–Crippen LogP) is 3.35. The lowest BCUT2D eigenvalue weighted by atomic mass is 10.0. The zero-order valence-corrected chi connectivity index (χ0v) is 19.5. The Balaban J connectivity index is 1.84.